The van der Waals surface area contributed by atoms with Crippen LogP contribution in [0.2, 0.25) is 0 Å². The molecule has 2 N–H and O–H groups in total. The number of amides is 1. The molecule has 0 fully saturated rings. The zero-order chi connectivity index (χ0) is 14.9. The van der Waals surface area contributed by atoms with Crippen molar-refractivity contribution < 1.29 is 14.7 Å². The molecule has 1 unspecified atom stereocenters. The number of thiophene rings is 1. The highest BCUT2D eigenvalue weighted by atomic mass is 32.1. The Balaban J connectivity index is 2.16. The first-order valence-electron chi connectivity index (χ1n) is 7.03. The van der Waals surface area contributed by atoms with Crippen LogP contribution in [-0.4, -0.2) is 23.0 Å². The van der Waals surface area contributed by atoms with Crippen molar-refractivity contribution in [3.63, 3.8) is 0 Å². The predicted molar refractivity (Wildman–Crippen MR) is 79.2 cm³/mol. The van der Waals surface area contributed by atoms with Crippen molar-refractivity contribution in [3.8, 4) is 0 Å². The second-order valence-corrected chi connectivity index (χ2v) is 6.90. The molecule has 0 aliphatic heterocycles. The number of hydrogen-bond donors (Lipinski definition) is 2. The number of carboxylic acid groups (broad SMARTS) is 1. The predicted octanol–water partition coefficient (Wildman–Crippen LogP) is 2.71. The van der Waals surface area contributed by atoms with Crippen molar-refractivity contribution in [3.05, 3.63) is 21.4 Å². The molecule has 110 valence electrons. The highest BCUT2D eigenvalue weighted by Crippen LogP contribution is 2.32. The van der Waals surface area contributed by atoms with Crippen molar-refractivity contribution in [2.45, 2.75) is 46.1 Å². The van der Waals surface area contributed by atoms with Crippen LogP contribution in [0.25, 0.3) is 0 Å². The molecule has 5 heteroatoms. The zero-order valence-corrected chi connectivity index (χ0v) is 12.9. The molecular formula is C15H21NO3S. The van der Waals surface area contributed by atoms with Gasteiger partial charge in [-0.1, -0.05) is 20.8 Å². The van der Waals surface area contributed by atoms with E-state index in [1.807, 2.05) is 5.38 Å². The summed E-state index contributed by atoms with van der Waals surface area (Å²) in [7, 11) is 0. The van der Waals surface area contributed by atoms with Crippen molar-refractivity contribution >= 4 is 23.2 Å². The molecule has 1 aliphatic carbocycles. The largest absolute Gasteiger partial charge is 0.480 e. The number of carbonyl (C=O) groups is 2. The Hall–Kier alpha value is -1.36. The van der Waals surface area contributed by atoms with Crippen LogP contribution in [0.3, 0.4) is 0 Å². The zero-order valence-electron chi connectivity index (χ0n) is 12.1. The summed E-state index contributed by atoms with van der Waals surface area (Å²) in [6.07, 6.45) is 3.04. The molecule has 0 bridgehead atoms. The third-order valence-electron chi connectivity index (χ3n) is 3.87. The number of aliphatic carboxylic acids is 1. The van der Waals surface area contributed by atoms with E-state index in [0.717, 1.165) is 24.8 Å². The number of carbonyl (C=O) groups excluding carboxylic acids is 1. The lowest BCUT2D eigenvalue weighted by Crippen LogP contribution is -2.44. The van der Waals surface area contributed by atoms with Gasteiger partial charge >= 0.3 is 5.97 Å². The van der Waals surface area contributed by atoms with Gasteiger partial charge in [0, 0.05) is 10.3 Å². The third-order valence-corrected chi connectivity index (χ3v) is 4.92. The highest BCUT2D eigenvalue weighted by Gasteiger charge is 2.27. The van der Waals surface area contributed by atoms with E-state index in [9.17, 15) is 9.59 Å². The fraction of sp³-hybridized carbons (Fsp3) is 0.600. The molecule has 1 aliphatic rings. The van der Waals surface area contributed by atoms with Gasteiger partial charge in [-0.25, -0.2) is 4.79 Å². The van der Waals surface area contributed by atoms with Gasteiger partial charge in [0.25, 0.3) is 5.91 Å². The van der Waals surface area contributed by atoms with Crippen molar-refractivity contribution in [1.29, 1.82) is 0 Å². The van der Waals surface area contributed by atoms with E-state index in [2.05, 4.69) is 12.2 Å². The van der Waals surface area contributed by atoms with E-state index in [0.29, 0.717) is 11.5 Å². The second kappa shape index (κ2) is 5.95. The van der Waals surface area contributed by atoms with E-state index in [-0.39, 0.29) is 11.8 Å². The number of nitrogens with one attached hydrogen (secondary N) is 1. The maximum absolute atomic E-state index is 12.3. The van der Waals surface area contributed by atoms with Crippen LogP contribution < -0.4 is 5.32 Å². The van der Waals surface area contributed by atoms with Gasteiger partial charge in [-0.15, -0.1) is 11.3 Å². The topological polar surface area (TPSA) is 66.4 Å². The molecule has 0 spiro atoms. The summed E-state index contributed by atoms with van der Waals surface area (Å²) in [5, 5.41) is 13.7. The molecule has 1 aromatic heterocycles. The van der Waals surface area contributed by atoms with Crippen molar-refractivity contribution in [2.24, 2.45) is 11.8 Å². The minimum absolute atomic E-state index is 0.133. The van der Waals surface area contributed by atoms with E-state index >= 15 is 0 Å². The normalized spacial score (nSPS) is 19.5. The second-order valence-electron chi connectivity index (χ2n) is 5.93. The molecule has 2 atom stereocenters. The van der Waals surface area contributed by atoms with Crippen LogP contribution in [0, 0.1) is 11.8 Å². The maximum atomic E-state index is 12.3. The Morgan fingerprint density at radius 2 is 2.15 bits per heavy atom. The van der Waals surface area contributed by atoms with E-state index in [1.165, 1.54) is 4.88 Å². The number of rotatable bonds is 4. The maximum Gasteiger partial charge on any atom is 0.326 e. The van der Waals surface area contributed by atoms with Gasteiger partial charge in [0.15, 0.2) is 0 Å². The average Bonchev–Trinajstić information content (AvgIpc) is 2.77. The molecule has 20 heavy (non-hydrogen) atoms. The standard InChI is InChI=1S/C15H21NO3S/c1-8(2)13(15(18)19)16-14(17)11-7-20-12-6-9(3)4-5-10(11)12/h7-9,13H,4-6H2,1-3H3,(H,16,17)(H,18,19)/t9?,13-/m0/s1. The molecule has 1 amide bonds. The fourth-order valence-corrected chi connectivity index (χ4v) is 3.84. The Morgan fingerprint density at radius 3 is 2.75 bits per heavy atom. The lowest BCUT2D eigenvalue weighted by Gasteiger charge is -2.20. The molecule has 4 nitrogen and oxygen atoms in total. The Morgan fingerprint density at radius 1 is 1.45 bits per heavy atom. The van der Waals surface area contributed by atoms with E-state index < -0.39 is 12.0 Å². The smallest absolute Gasteiger partial charge is 0.326 e. The molecule has 1 heterocycles. The lowest BCUT2D eigenvalue weighted by molar-refractivity contribution is -0.140. The van der Waals surface area contributed by atoms with Crippen molar-refractivity contribution in [1.82, 2.24) is 5.32 Å². The summed E-state index contributed by atoms with van der Waals surface area (Å²) in [6, 6.07) is -0.833. The van der Waals surface area contributed by atoms with Crippen LogP contribution >= 0.6 is 11.3 Å². The summed E-state index contributed by atoms with van der Waals surface area (Å²) < 4.78 is 0. The molecule has 0 aromatic carbocycles. The Bertz CT molecular complexity index is 521. The van der Waals surface area contributed by atoms with Crippen LogP contribution in [0.15, 0.2) is 5.38 Å². The molecule has 1 aromatic rings. The van der Waals surface area contributed by atoms with Crippen molar-refractivity contribution in [2.75, 3.05) is 0 Å². The first-order valence-corrected chi connectivity index (χ1v) is 7.91. The van der Waals surface area contributed by atoms with Gasteiger partial charge < -0.3 is 10.4 Å². The molecule has 0 saturated carbocycles. The van der Waals surface area contributed by atoms with Gasteiger partial charge in [-0.05, 0) is 36.7 Å². The molecular weight excluding hydrogens is 274 g/mol. The fourth-order valence-electron chi connectivity index (χ4n) is 2.60. The van der Waals surface area contributed by atoms with Gasteiger partial charge in [0.05, 0.1) is 5.56 Å². The van der Waals surface area contributed by atoms with E-state index in [1.54, 1.807) is 25.2 Å². The summed E-state index contributed by atoms with van der Waals surface area (Å²) in [4.78, 5) is 24.8. The number of fused-ring (bicyclic) bond motifs is 1. The first-order chi connectivity index (χ1) is 9.40. The van der Waals surface area contributed by atoms with Crippen LogP contribution in [-0.2, 0) is 17.6 Å². The highest BCUT2D eigenvalue weighted by molar-refractivity contribution is 7.10. The molecule has 0 radical (unpaired) electrons. The van der Waals surface area contributed by atoms with Crippen LogP contribution in [0.5, 0.6) is 0 Å². The Labute approximate surface area is 123 Å². The first kappa shape index (κ1) is 15.0. The number of hydrogen-bond acceptors (Lipinski definition) is 3. The summed E-state index contributed by atoms with van der Waals surface area (Å²) in [5.41, 5.74) is 1.79. The number of carboxylic acids is 1. The summed E-state index contributed by atoms with van der Waals surface area (Å²) in [5.74, 6) is -0.699. The quantitative estimate of drug-likeness (QED) is 0.897. The SMILES string of the molecule is CC1CCc2c(C(=O)N[C@H](C(=O)O)C(C)C)csc2C1. The Kier molecular flexibility index (Phi) is 4.48. The molecule has 2 rings (SSSR count). The van der Waals surface area contributed by atoms with Gasteiger partial charge in [0.1, 0.15) is 6.04 Å². The average molecular weight is 295 g/mol. The summed E-state index contributed by atoms with van der Waals surface area (Å²) in [6.45, 7) is 5.81. The van der Waals surface area contributed by atoms with Crippen LogP contribution in [0.1, 0.15) is 48.0 Å². The van der Waals surface area contributed by atoms with Gasteiger partial charge in [-0.3, -0.25) is 4.79 Å². The van der Waals surface area contributed by atoms with E-state index in [4.69, 9.17) is 5.11 Å². The summed E-state index contributed by atoms with van der Waals surface area (Å²) >= 11 is 1.62. The lowest BCUT2D eigenvalue weighted by atomic mass is 9.88. The minimum atomic E-state index is -0.980. The monoisotopic (exact) mass is 295 g/mol. The van der Waals surface area contributed by atoms with Crippen LogP contribution in [0.4, 0.5) is 0 Å². The third kappa shape index (κ3) is 3.03. The molecule has 0 saturated heterocycles. The van der Waals surface area contributed by atoms with Gasteiger partial charge in [0.2, 0.25) is 0 Å². The minimum Gasteiger partial charge on any atom is -0.480 e. The van der Waals surface area contributed by atoms with Gasteiger partial charge in [-0.2, -0.15) is 0 Å².